The van der Waals surface area contributed by atoms with E-state index in [1.54, 1.807) is 0 Å². The molecular weight excluding hydrogens is 827 g/mol. The molecule has 14 heteroatoms. The van der Waals surface area contributed by atoms with Crippen LogP contribution < -0.4 is 0 Å². The molecule has 1 rings (SSSR count). The number of ether oxygens (including phenoxy) is 2. The molecule has 0 spiro atoms. The van der Waals surface area contributed by atoms with Crippen LogP contribution in [0.1, 0.15) is 206 Å². The first-order chi connectivity index (χ1) is 30.4. The third-order valence-corrected chi connectivity index (χ3v) is 12.4. The second kappa shape index (κ2) is 39.3. The summed E-state index contributed by atoms with van der Waals surface area (Å²) in [6, 6.07) is 0. The number of allylic oxidation sites excluding steroid dienone is 6. The van der Waals surface area contributed by atoms with Gasteiger partial charge in [-0.25, -0.2) is 4.57 Å². The summed E-state index contributed by atoms with van der Waals surface area (Å²) in [5.74, 6) is -1.11. The van der Waals surface area contributed by atoms with Crippen molar-refractivity contribution in [2.45, 2.75) is 249 Å². The monoisotopic (exact) mass is 917 g/mol. The van der Waals surface area contributed by atoms with Crippen molar-refractivity contribution in [1.82, 2.24) is 0 Å². The Balaban J connectivity index is 2.42. The number of phosphoric ester groups is 1. The molecule has 1 aliphatic carbocycles. The van der Waals surface area contributed by atoms with E-state index in [1.165, 1.54) is 89.9 Å². The molecule has 1 saturated carbocycles. The summed E-state index contributed by atoms with van der Waals surface area (Å²) in [4.78, 5) is 35.8. The Labute approximate surface area is 380 Å². The van der Waals surface area contributed by atoms with E-state index < -0.39 is 75.7 Å². The van der Waals surface area contributed by atoms with E-state index in [-0.39, 0.29) is 12.8 Å². The van der Waals surface area contributed by atoms with E-state index in [4.69, 9.17) is 18.5 Å². The molecule has 8 atom stereocenters. The van der Waals surface area contributed by atoms with Gasteiger partial charge in [-0.05, 0) is 70.6 Å². The molecule has 6 N–H and O–H groups in total. The van der Waals surface area contributed by atoms with Crippen LogP contribution >= 0.6 is 7.82 Å². The zero-order chi connectivity index (χ0) is 46.4. The Bertz CT molecular complexity index is 1240. The van der Waals surface area contributed by atoms with Gasteiger partial charge in [-0.3, -0.25) is 18.6 Å². The minimum Gasteiger partial charge on any atom is -0.462 e. The lowest BCUT2D eigenvalue weighted by atomic mass is 9.85. The molecule has 0 saturated heterocycles. The number of hydrogen-bond acceptors (Lipinski definition) is 12. The van der Waals surface area contributed by atoms with E-state index >= 15 is 0 Å². The Morgan fingerprint density at radius 2 is 0.857 bits per heavy atom. The van der Waals surface area contributed by atoms with Crippen LogP contribution in [-0.4, -0.2) is 98.3 Å². The number of carbonyl (C=O) groups is 2. The topological polar surface area (TPSA) is 210 Å². The molecular formula is C49H89O13P. The molecule has 0 aromatic carbocycles. The summed E-state index contributed by atoms with van der Waals surface area (Å²) < 4.78 is 33.6. The zero-order valence-electron chi connectivity index (χ0n) is 39.1. The van der Waals surface area contributed by atoms with Crippen molar-refractivity contribution < 1.29 is 63.1 Å². The summed E-state index contributed by atoms with van der Waals surface area (Å²) in [5, 5.41) is 50.2. The third-order valence-electron chi connectivity index (χ3n) is 11.5. The van der Waals surface area contributed by atoms with Crippen molar-refractivity contribution >= 4 is 19.8 Å². The van der Waals surface area contributed by atoms with Crippen molar-refractivity contribution in [3.63, 3.8) is 0 Å². The van der Waals surface area contributed by atoms with Crippen LogP contribution in [0.4, 0.5) is 0 Å². The molecule has 0 aliphatic heterocycles. The first-order valence-corrected chi connectivity index (χ1v) is 26.3. The second-order valence-corrected chi connectivity index (χ2v) is 18.7. The van der Waals surface area contributed by atoms with Gasteiger partial charge in [0.2, 0.25) is 0 Å². The standard InChI is InChI=1S/C49H89O13P/c1-3-5-7-9-11-13-15-17-19-20-21-22-24-25-27-29-31-33-35-37-42(50)59-39-41(40-60-63(57,58)62-49-47(55)45(53)44(52)46(54)48(49)56)61-43(51)38-36-34-32-30-28-26-23-18-16-14-12-10-8-6-4-2/h11,13,17-19,23,41,44-49,52-56H,3-10,12,14-16,20-22,24-40H2,1-2H3,(H,57,58)/b13-11+,19-17+,23-18+/t41-,44?,45-,46?,47?,48?,49?/m0/s1. The van der Waals surface area contributed by atoms with Crippen LogP contribution in [0, 0.1) is 0 Å². The highest BCUT2D eigenvalue weighted by Crippen LogP contribution is 2.47. The van der Waals surface area contributed by atoms with E-state index in [2.05, 4.69) is 50.3 Å². The maximum Gasteiger partial charge on any atom is 0.472 e. The first kappa shape index (κ1) is 59.1. The smallest absolute Gasteiger partial charge is 0.462 e. The van der Waals surface area contributed by atoms with Gasteiger partial charge in [0, 0.05) is 12.8 Å². The summed E-state index contributed by atoms with van der Waals surface area (Å²) in [6.07, 6.45) is 31.9. The number of esters is 2. The number of phosphoric acid groups is 1. The highest BCUT2D eigenvalue weighted by molar-refractivity contribution is 7.47. The van der Waals surface area contributed by atoms with E-state index in [9.17, 15) is 44.6 Å². The number of rotatable bonds is 41. The average molecular weight is 917 g/mol. The summed E-state index contributed by atoms with van der Waals surface area (Å²) in [5.41, 5.74) is 0. The predicted octanol–water partition coefficient (Wildman–Crippen LogP) is 10.2. The Kier molecular flexibility index (Phi) is 36.8. The number of aliphatic hydroxyl groups is 5. The Morgan fingerprint density at radius 3 is 1.33 bits per heavy atom. The normalized spacial score (nSPS) is 22.0. The molecule has 0 amide bonds. The number of hydrogen-bond donors (Lipinski definition) is 6. The predicted molar refractivity (Wildman–Crippen MR) is 249 cm³/mol. The fourth-order valence-electron chi connectivity index (χ4n) is 7.43. The molecule has 1 fully saturated rings. The minimum atomic E-state index is -5.12. The molecule has 0 heterocycles. The highest BCUT2D eigenvalue weighted by Gasteiger charge is 2.51. The van der Waals surface area contributed by atoms with Crippen LogP contribution in [0.3, 0.4) is 0 Å². The van der Waals surface area contributed by atoms with Crippen LogP contribution in [0.5, 0.6) is 0 Å². The van der Waals surface area contributed by atoms with Crippen molar-refractivity contribution in [1.29, 1.82) is 0 Å². The molecule has 0 aromatic heterocycles. The maximum absolute atomic E-state index is 12.8. The van der Waals surface area contributed by atoms with Gasteiger partial charge in [-0.15, -0.1) is 0 Å². The van der Waals surface area contributed by atoms with Gasteiger partial charge in [0.1, 0.15) is 43.2 Å². The lowest BCUT2D eigenvalue weighted by molar-refractivity contribution is -0.220. The quantitative estimate of drug-likeness (QED) is 0.0146. The van der Waals surface area contributed by atoms with Crippen LogP contribution in [0.2, 0.25) is 0 Å². The lowest BCUT2D eigenvalue weighted by Gasteiger charge is -2.41. The largest absolute Gasteiger partial charge is 0.472 e. The molecule has 6 unspecified atom stereocenters. The summed E-state index contributed by atoms with van der Waals surface area (Å²) in [7, 11) is -5.12. The summed E-state index contributed by atoms with van der Waals surface area (Å²) >= 11 is 0. The van der Waals surface area contributed by atoms with Crippen molar-refractivity contribution in [2.24, 2.45) is 0 Å². The van der Waals surface area contributed by atoms with Gasteiger partial charge in [0.25, 0.3) is 0 Å². The first-order valence-electron chi connectivity index (χ1n) is 24.8. The van der Waals surface area contributed by atoms with Gasteiger partial charge in [0.15, 0.2) is 6.10 Å². The minimum absolute atomic E-state index is 0.0865. The SMILES string of the molecule is CCCCC/C=C/C/C=C/CCCCCCCCCCCC(=O)OC[C@@H](COP(=O)(O)OC1C(O)C(O)C(O)[C@H](O)C1O)OC(=O)CCCCCCC/C=C/CCCCCCCC. The molecule has 13 nitrogen and oxygen atoms in total. The van der Waals surface area contributed by atoms with Gasteiger partial charge < -0.3 is 39.9 Å². The molecule has 0 radical (unpaired) electrons. The Morgan fingerprint density at radius 1 is 0.492 bits per heavy atom. The van der Waals surface area contributed by atoms with Gasteiger partial charge in [-0.2, -0.15) is 0 Å². The second-order valence-electron chi connectivity index (χ2n) is 17.3. The number of carbonyl (C=O) groups excluding carboxylic acids is 2. The lowest BCUT2D eigenvalue weighted by Crippen LogP contribution is -2.64. The third kappa shape index (κ3) is 31.6. The van der Waals surface area contributed by atoms with Gasteiger partial charge in [0.05, 0.1) is 6.61 Å². The van der Waals surface area contributed by atoms with Crippen LogP contribution in [0.25, 0.3) is 0 Å². The highest BCUT2D eigenvalue weighted by atomic mass is 31.2. The molecule has 368 valence electrons. The Hall–Kier alpha value is -1.93. The number of aliphatic hydroxyl groups excluding tert-OH is 5. The molecule has 1 aliphatic rings. The molecule has 0 aromatic rings. The van der Waals surface area contributed by atoms with E-state index in [0.29, 0.717) is 12.8 Å². The number of unbranched alkanes of at least 4 members (excludes halogenated alkanes) is 23. The van der Waals surface area contributed by atoms with Crippen molar-refractivity contribution in [3.8, 4) is 0 Å². The fourth-order valence-corrected chi connectivity index (χ4v) is 8.40. The van der Waals surface area contributed by atoms with E-state index in [0.717, 1.165) is 77.0 Å². The molecule has 63 heavy (non-hydrogen) atoms. The van der Waals surface area contributed by atoms with Crippen molar-refractivity contribution in [2.75, 3.05) is 13.2 Å². The van der Waals surface area contributed by atoms with Gasteiger partial charge in [-0.1, -0.05) is 159 Å². The summed E-state index contributed by atoms with van der Waals surface area (Å²) in [6.45, 7) is 3.27. The van der Waals surface area contributed by atoms with Crippen molar-refractivity contribution in [3.05, 3.63) is 36.5 Å². The zero-order valence-corrected chi connectivity index (χ0v) is 40.0. The van der Waals surface area contributed by atoms with Crippen LogP contribution in [0.15, 0.2) is 36.5 Å². The van der Waals surface area contributed by atoms with Crippen LogP contribution in [-0.2, 0) is 32.7 Å². The fraction of sp³-hybridized carbons (Fsp3) is 0.837. The average Bonchev–Trinajstić information content (AvgIpc) is 3.26. The van der Waals surface area contributed by atoms with Gasteiger partial charge >= 0.3 is 19.8 Å². The molecule has 0 bridgehead atoms. The maximum atomic E-state index is 12.8. The van der Waals surface area contributed by atoms with E-state index in [1.807, 2.05) is 0 Å².